The van der Waals surface area contributed by atoms with Crippen molar-refractivity contribution in [1.29, 1.82) is 0 Å². The maximum atomic E-state index is 11.6. The Morgan fingerprint density at radius 3 is 2.40 bits per heavy atom. The Morgan fingerprint density at radius 1 is 1.25 bits per heavy atom. The lowest BCUT2D eigenvalue weighted by atomic mass is 10.1. The molecule has 0 unspecified atom stereocenters. The van der Waals surface area contributed by atoms with E-state index in [2.05, 4.69) is 43.8 Å². The van der Waals surface area contributed by atoms with Crippen molar-refractivity contribution in [2.75, 3.05) is 0 Å². The molecule has 1 aliphatic heterocycles. The van der Waals surface area contributed by atoms with E-state index in [1.165, 1.54) is 25.7 Å². The van der Waals surface area contributed by atoms with Crippen molar-refractivity contribution in [1.82, 2.24) is 9.78 Å². The highest BCUT2D eigenvalue weighted by Crippen LogP contribution is 2.61. The van der Waals surface area contributed by atoms with Crippen LogP contribution in [0.4, 0.5) is 5.82 Å². The molecule has 0 atom stereocenters. The predicted octanol–water partition coefficient (Wildman–Crippen LogP) is 5.10. The summed E-state index contributed by atoms with van der Waals surface area (Å²) in [4.78, 5) is 15.7. The first-order chi connectivity index (χ1) is 9.34. The topological polar surface area (TPSA) is 64.3 Å². The van der Waals surface area contributed by atoms with Crippen LogP contribution in [0.15, 0.2) is 11.2 Å². The number of carbonyl (C=O) groups is 1. The SMILES string of the molecule is O=C1CC=Nc2nn(C3CCCC3)cc21.O=P(Cl)(Cl)Cl. The van der Waals surface area contributed by atoms with Crippen molar-refractivity contribution in [3.8, 4) is 0 Å². The van der Waals surface area contributed by atoms with Crippen LogP contribution in [0.2, 0.25) is 0 Å². The van der Waals surface area contributed by atoms with Crippen LogP contribution in [-0.2, 0) is 4.57 Å². The van der Waals surface area contributed by atoms with Crippen LogP contribution in [0.25, 0.3) is 0 Å². The molecule has 1 aromatic rings. The number of hydrogen-bond acceptors (Lipinski definition) is 4. The molecule has 1 fully saturated rings. The van der Waals surface area contributed by atoms with Gasteiger partial charge in [0.05, 0.1) is 11.6 Å². The van der Waals surface area contributed by atoms with E-state index in [1.807, 2.05) is 10.9 Å². The predicted molar refractivity (Wildman–Crippen MR) is 82.0 cm³/mol. The maximum Gasteiger partial charge on any atom is 0.339 e. The maximum absolute atomic E-state index is 11.6. The molecule has 0 N–H and O–H groups in total. The lowest BCUT2D eigenvalue weighted by molar-refractivity contribution is 0.100. The lowest BCUT2D eigenvalue weighted by Crippen LogP contribution is -2.04. The van der Waals surface area contributed by atoms with Crippen molar-refractivity contribution in [3.05, 3.63) is 11.8 Å². The minimum atomic E-state index is -3.22. The van der Waals surface area contributed by atoms with Gasteiger partial charge in [-0.05, 0) is 46.6 Å². The Bertz CT molecular complexity index is 567. The minimum Gasteiger partial charge on any atom is -0.294 e. The Kier molecular flexibility index (Phi) is 5.30. The Morgan fingerprint density at radius 2 is 1.85 bits per heavy atom. The van der Waals surface area contributed by atoms with Gasteiger partial charge in [-0.25, -0.2) is 4.99 Å². The Balaban J connectivity index is 0.000000257. The molecule has 20 heavy (non-hydrogen) atoms. The zero-order chi connectivity index (χ0) is 14.8. The van der Waals surface area contributed by atoms with Crippen molar-refractivity contribution in [2.45, 2.75) is 38.1 Å². The van der Waals surface area contributed by atoms with Crippen molar-refractivity contribution >= 4 is 56.7 Å². The van der Waals surface area contributed by atoms with Gasteiger partial charge in [-0.3, -0.25) is 14.0 Å². The molecule has 1 saturated carbocycles. The fraction of sp³-hybridized carbons (Fsp3) is 0.545. The second-order valence-corrected chi connectivity index (χ2v) is 11.3. The summed E-state index contributed by atoms with van der Waals surface area (Å²) in [7, 11) is 0. The molecule has 0 amide bonds. The smallest absolute Gasteiger partial charge is 0.294 e. The number of nitrogens with zero attached hydrogens (tertiary/aromatic N) is 3. The highest BCUT2D eigenvalue weighted by Gasteiger charge is 2.23. The minimum absolute atomic E-state index is 0.143. The summed E-state index contributed by atoms with van der Waals surface area (Å²) in [5, 5.41) is 1.16. The number of carbonyl (C=O) groups excluding carboxylic acids is 1. The third-order valence-corrected chi connectivity index (χ3v) is 3.20. The Hall–Kier alpha value is -0.350. The van der Waals surface area contributed by atoms with Crippen LogP contribution in [0, 0.1) is 0 Å². The van der Waals surface area contributed by atoms with Gasteiger partial charge in [0, 0.05) is 18.8 Å². The van der Waals surface area contributed by atoms with Gasteiger partial charge in [-0.1, -0.05) is 12.8 Å². The molecule has 0 radical (unpaired) electrons. The van der Waals surface area contributed by atoms with Crippen molar-refractivity contribution in [3.63, 3.8) is 0 Å². The first kappa shape index (κ1) is 16.0. The Labute approximate surface area is 131 Å². The van der Waals surface area contributed by atoms with E-state index < -0.39 is 5.20 Å². The molecule has 110 valence electrons. The third kappa shape index (κ3) is 4.59. The van der Waals surface area contributed by atoms with Gasteiger partial charge in [-0.15, -0.1) is 0 Å². The third-order valence-electron chi connectivity index (χ3n) is 3.20. The summed E-state index contributed by atoms with van der Waals surface area (Å²) in [5.74, 6) is 0.752. The number of hydrogen-bond donors (Lipinski definition) is 0. The summed E-state index contributed by atoms with van der Waals surface area (Å²) in [6.45, 7) is 0. The molecule has 2 heterocycles. The number of Topliss-reactive ketones (excluding diaryl/α,β-unsaturated/α-hetero) is 1. The van der Waals surface area contributed by atoms with Gasteiger partial charge in [0.2, 0.25) is 0 Å². The molecule has 0 spiro atoms. The van der Waals surface area contributed by atoms with Crippen LogP contribution < -0.4 is 0 Å². The molecule has 9 heteroatoms. The van der Waals surface area contributed by atoms with E-state index in [1.54, 1.807) is 6.21 Å². The van der Waals surface area contributed by atoms with Crippen LogP contribution in [0.1, 0.15) is 48.5 Å². The highest BCUT2D eigenvalue weighted by atomic mass is 36.0. The van der Waals surface area contributed by atoms with E-state index >= 15 is 0 Å². The van der Waals surface area contributed by atoms with Gasteiger partial charge in [0.15, 0.2) is 11.6 Å². The second-order valence-electron chi connectivity index (χ2n) is 4.62. The first-order valence-electron chi connectivity index (χ1n) is 6.18. The number of aromatic nitrogens is 2. The largest absolute Gasteiger partial charge is 0.339 e. The number of fused-ring (bicyclic) bond motifs is 1. The van der Waals surface area contributed by atoms with Gasteiger partial charge in [-0.2, -0.15) is 5.10 Å². The quantitative estimate of drug-likeness (QED) is 0.658. The molecule has 1 aromatic heterocycles. The molecule has 1 aliphatic carbocycles. The number of halogens is 3. The lowest BCUT2D eigenvalue weighted by Gasteiger charge is -2.07. The molecule has 3 rings (SSSR count). The van der Waals surface area contributed by atoms with E-state index in [9.17, 15) is 9.36 Å². The molecule has 5 nitrogen and oxygen atoms in total. The number of rotatable bonds is 1. The summed E-state index contributed by atoms with van der Waals surface area (Å²) in [6, 6.07) is 0.485. The van der Waals surface area contributed by atoms with Gasteiger partial charge < -0.3 is 0 Å². The van der Waals surface area contributed by atoms with Crippen LogP contribution in [-0.4, -0.2) is 21.8 Å². The summed E-state index contributed by atoms with van der Waals surface area (Å²) >= 11 is 13.8. The average molecular weight is 357 g/mol. The van der Waals surface area contributed by atoms with Gasteiger partial charge in [0.25, 0.3) is 0 Å². The fourth-order valence-electron chi connectivity index (χ4n) is 2.36. The van der Waals surface area contributed by atoms with E-state index in [0.29, 0.717) is 23.8 Å². The average Bonchev–Trinajstić information content (AvgIpc) is 2.95. The molecule has 0 saturated heterocycles. The summed E-state index contributed by atoms with van der Waals surface area (Å²) in [6.07, 6.45) is 8.85. The van der Waals surface area contributed by atoms with E-state index in [0.717, 1.165) is 0 Å². The zero-order valence-electron chi connectivity index (χ0n) is 10.5. The van der Waals surface area contributed by atoms with Crippen molar-refractivity contribution < 1.29 is 9.36 Å². The molecular weight excluding hydrogens is 343 g/mol. The van der Waals surface area contributed by atoms with Crippen LogP contribution in [0.5, 0.6) is 0 Å². The fourth-order valence-corrected chi connectivity index (χ4v) is 2.36. The summed E-state index contributed by atoms with van der Waals surface area (Å²) in [5.41, 5.74) is 0.699. The monoisotopic (exact) mass is 355 g/mol. The number of aliphatic imine (C=N–C) groups is 1. The first-order valence-corrected chi connectivity index (χ1v) is 10.6. The highest BCUT2D eigenvalue weighted by molar-refractivity contribution is 8.24. The molecule has 0 bridgehead atoms. The van der Waals surface area contributed by atoms with Crippen LogP contribution >= 0.6 is 38.9 Å². The van der Waals surface area contributed by atoms with Crippen LogP contribution in [0.3, 0.4) is 0 Å². The molecular formula is C11H13Cl3N3O2P. The van der Waals surface area contributed by atoms with Crippen molar-refractivity contribution in [2.24, 2.45) is 4.99 Å². The standard InChI is InChI=1S/C11H13N3O.Cl3OP/c15-10-5-6-12-11-9(10)7-14(13-11)8-3-1-2-4-8;1-5(2,3)4/h6-8H,1-5H2;. The van der Waals surface area contributed by atoms with Gasteiger partial charge in [0.1, 0.15) is 0 Å². The molecule has 0 aromatic carbocycles. The number of ketones is 1. The van der Waals surface area contributed by atoms with E-state index in [-0.39, 0.29) is 5.78 Å². The molecule has 2 aliphatic rings. The normalized spacial score (nSPS) is 18.6. The zero-order valence-corrected chi connectivity index (χ0v) is 13.7. The van der Waals surface area contributed by atoms with E-state index in [4.69, 9.17) is 0 Å². The second kappa shape index (κ2) is 6.61. The van der Waals surface area contributed by atoms with Gasteiger partial charge >= 0.3 is 5.20 Å². The summed E-state index contributed by atoms with van der Waals surface area (Å²) < 4.78 is 11.5.